The van der Waals surface area contributed by atoms with Gasteiger partial charge in [0, 0.05) is 11.8 Å². The molecule has 2 saturated heterocycles. The van der Waals surface area contributed by atoms with E-state index in [1.807, 2.05) is 0 Å². The van der Waals surface area contributed by atoms with E-state index < -0.39 is 41.6 Å². The maximum atomic E-state index is 14.4. The zero-order chi connectivity index (χ0) is 21.7. The lowest BCUT2D eigenvalue weighted by atomic mass is 9.86. The highest BCUT2D eigenvalue weighted by atomic mass is 19.1. The zero-order valence-electron chi connectivity index (χ0n) is 16.5. The van der Waals surface area contributed by atoms with Gasteiger partial charge in [-0.15, -0.1) is 0 Å². The van der Waals surface area contributed by atoms with Gasteiger partial charge in [0.2, 0.25) is 11.8 Å². The molecule has 0 N–H and O–H groups in total. The molecule has 3 aliphatic rings. The lowest BCUT2D eigenvalue weighted by Crippen LogP contribution is -2.46. The molecule has 0 radical (unpaired) electrons. The molecule has 0 spiro atoms. The van der Waals surface area contributed by atoms with Gasteiger partial charge in [0.15, 0.2) is 5.78 Å². The molecule has 31 heavy (non-hydrogen) atoms. The number of benzene rings is 2. The summed E-state index contributed by atoms with van der Waals surface area (Å²) in [6.07, 6.45) is 4.96. The number of rotatable bonds is 4. The fraction of sp³-hybridized carbons (Fsp3) is 0.217. The molecule has 0 bridgehead atoms. The summed E-state index contributed by atoms with van der Waals surface area (Å²) >= 11 is 0. The molecular weight excluding hydrogens is 401 g/mol. The van der Waals surface area contributed by atoms with Crippen molar-refractivity contribution >= 4 is 29.5 Å². The smallest absolute Gasteiger partial charge is 0.240 e. The first kappa shape index (κ1) is 19.2. The number of hydrogen-bond donors (Lipinski definition) is 0. The van der Waals surface area contributed by atoms with Gasteiger partial charge in [0.25, 0.3) is 0 Å². The van der Waals surface area contributed by atoms with Gasteiger partial charge in [0.1, 0.15) is 17.6 Å². The van der Waals surface area contributed by atoms with Gasteiger partial charge in [-0.3, -0.25) is 19.4 Å². The number of amides is 2. The van der Waals surface area contributed by atoms with Gasteiger partial charge in [-0.2, -0.15) is 5.10 Å². The molecule has 1 unspecified atom stereocenters. The minimum Gasteiger partial charge on any atom is -0.497 e. The second-order valence-electron chi connectivity index (χ2n) is 7.57. The molecule has 3 aliphatic heterocycles. The summed E-state index contributed by atoms with van der Waals surface area (Å²) in [5, 5.41) is 5.82. The number of carbonyl (C=O) groups excluding carboxylic acids is 3. The Hall–Kier alpha value is -3.81. The van der Waals surface area contributed by atoms with Crippen LogP contribution in [-0.2, 0) is 9.59 Å². The highest BCUT2D eigenvalue weighted by Gasteiger charge is 2.64. The molecule has 5 rings (SSSR count). The quantitative estimate of drug-likeness (QED) is 0.562. The number of fused-ring (bicyclic) bond motifs is 3. The van der Waals surface area contributed by atoms with Crippen molar-refractivity contribution < 1.29 is 23.5 Å². The molecule has 2 fully saturated rings. The second kappa shape index (κ2) is 7.16. The van der Waals surface area contributed by atoms with Gasteiger partial charge >= 0.3 is 0 Å². The highest BCUT2D eigenvalue weighted by Crippen LogP contribution is 2.46. The normalized spacial score (nSPS) is 26.3. The van der Waals surface area contributed by atoms with E-state index in [0.29, 0.717) is 11.3 Å². The fourth-order valence-corrected chi connectivity index (χ4v) is 4.63. The Kier molecular flexibility index (Phi) is 4.43. The minimum absolute atomic E-state index is 0.0996. The summed E-state index contributed by atoms with van der Waals surface area (Å²) in [5.41, 5.74) is 0.275. The van der Waals surface area contributed by atoms with Crippen LogP contribution in [0.15, 0.2) is 65.8 Å². The Morgan fingerprint density at radius 3 is 2.45 bits per heavy atom. The number of hydrazone groups is 1. The molecule has 3 heterocycles. The maximum Gasteiger partial charge on any atom is 0.240 e. The fourth-order valence-electron chi connectivity index (χ4n) is 4.63. The Morgan fingerprint density at radius 2 is 1.74 bits per heavy atom. The summed E-state index contributed by atoms with van der Waals surface area (Å²) in [6.45, 7) is 0. The monoisotopic (exact) mass is 419 g/mol. The van der Waals surface area contributed by atoms with Crippen molar-refractivity contribution in [1.29, 1.82) is 0 Å². The third kappa shape index (κ3) is 2.78. The van der Waals surface area contributed by atoms with Crippen molar-refractivity contribution in [2.45, 2.75) is 12.1 Å². The van der Waals surface area contributed by atoms with Gasteiger partial charge in [-0.05, 0) is 42.5 Å². The van der Waals surface area contributed by atoms with Crippen molar-refractivity contribution in [1.82, 2.24) is 5.01 Å². The predicted molar refractivity (Wildman–Crippen MR) is 110 cm³/mol. The van der Waals surface area contributed by atoms with E-state index in [-0.39, 0.29) is 11.5 Å². The lowest BCUT2D eigenvalue weighted by molar-refractivity contribution is -0.123. The van der Waals surface area contributed by atoms with E-state index in [2.05, 4.69) is 5.10 Å². The second-order valence-corrected chi connectivity index (χ2v) is 7.57. The number of Topliss-reactive ketones (excluding diaryl/α,β-unsaturated/α-hetero) is 1. The van der Waals surface area contributed by atoms with Crippen molar-refractivity contribution in [3.63, 3.8) is 0 Å². The molecule has 8 heteroatoms. The molecule has 7 nitrogen and oxygen atoms in total. The number of allylic oxidation sites excluding steroid dienone is 1. The van der Waals surface area contributed by atoms with E-state index in [1.165, 1.54) is 36.5 Å². The van der Waals surface area contributed by atoms with E-state index in [4.69, 9.17) is 4.74 Å². The number of ether oxygens (including phenoxy) is 1. The van der Waals surface area contributed by atoms with Gasteiger partial charge in [-0.25, -0.2) is 9.29 Å². The number of ketones is 1. The summed E-state index contributed by atoms with van der Waals surface area (Å²) < 4.78 is 19.6. The number of hydrogen-bond acceptors (Lipinski definition) is 6. The topological polar surface area (TPSA) is 79.3 Å². The Bertz CT molecular complexity index is 1140. The van der Waals surface area contributed by atoms with Crippen LogP contribution in [0.1, 0.15) is 10.4 Å². The van der Waals surface area contributed by atoms with Gasteiger partial charge in [0.05, 0.1) is 30.7 Å². The average Bonchev–Trinajstić information content (AvgIpc) is 3.27. The van der Waals surface area contributed by atoms with Crippen molar-refractivity contribution in [2.75, 3.05) is 12.0 Å². The van der Waals surface area contributed by atoms with Gasteiger partial charge in [-0.1, -0.05) is 18.2 Å². The van der Waals surface area contributed by atoms with Crippen LogP contribution in [0.25, 0.3) is 0 Å². The third-order valence-electron chi connectivity index (χ3n) is 6.03. The highest BCUT2D eigenvalue weighted by molar-refractivity contribution is 6.24. The Labute approximate surface area is 177 Å². The number of imide groups is 1. The Morgan fingerprint density at radius 1 is 1.03 bits per heavy atom. The zero-order valence-corrected chi connectivity index (χ0v) is 16.5. The van der Waals surface area contributed by atoms with Crippen LogP contribution >= 0.6 is 0 Å². The standard InChI is InChI=1S/C23H18FN3O4/c1-31-14-10-8-13(9-11-14)21(28)20-19-18(17-7-4-12-25-27(17)20)22(29)26(23(19)30)16-6-3-2-5-15(16)24/h2-12,17-20H,1H3/t17?,18-,19-,20+/m0/s1. The van der Waals surface area contributed by atoms with Crippen molar-refractivity contribution in [2.24, 2.45) is 16.9 Å². The first-order valence-electron chi connectivity index (χ1n) is 9.82. The maximum absolute atomic E-state index is 14.4. The van der Waals surface area contributed by atoms with E-state index >= 15 is 0 Å². The van der Waals surface area contributed by atoms with Crippen LogP contribution in [0.5, 0.6) is 5.75 Å². The van der Waals surface area contributed by atoms with Crippen molar-refractivity contribution in [3.05, 3.63) is 72.1 Å². The first-order valence-corrected chi connectivity index (χ1v) is 9.82. The number of anilines is 1. The molecule has 0 aromatic heterocycles. The van der Waals surface area contributed by atoms with Crippen LogP contribution in [0.2, 0.25) is 0 Å². The summed E-state index contributed by atoms with van der Waals surface area (Å²) in [5.74, 6) is -3.32. The van der Waals surface area contributed by atoms with Crippen LogP contribution in [0.3, 0.4) is 0 Å². The van der Waals surface area contributed by atoms with E-state index in [0.717, 1.165) is 4.90 Å². The van der Waals surface area contributed by atoms with Gasteiger partial charge < -0.3 is 4.74 Å². The summed E-state index contributed by atoms with van der Waals surface area (Å²) in [4.78, 5) is 41.0. The molecule has 2 amide bonds. The number of para-hydroxylation sites is 1. The van der Waals surface area contributed by atoms with Crippen molar-refractivity contribution in [3.8, 4) is 5.75 Å². The third-order valence-corrected chi connectivity index (χ3v) is 6.03. The number of nitrogens with zero attached hydrogens (tertiary/aromatic N) is 3. The van der Waals surface area contributed by atoms with Crippen LogP contribution in [-0.4, -0.2) is 48.0 Å². The molecule has 156 valence electrons. The summed E-state index contributed by atoms with van der Waals surface area (Å²) in [6, 6.07) is 10.6. The first-order chi connectivity index (χ1) is 15.0. The number of methoxy groups -OCH3 is 1. The number of halogens is 1. The van der Waals surface area contributed by atoms with Crippen LogP contribution < -0.4 is 9.64 Å². The van der Waals surface area contributed by atoms with E-state index in [9.17, 15) is 18.8 Å². The molecule has 2 aromatic carbocycles. The molecular formula is C23H18FN3O4. The largest absolute Gasteiger partial charge is 0.497 e. The Balaban J connectivity index is 1.57. The molecule has 0 saturated carbocycles. The number of carbonyl (C=O) groups is 3. The lowest BCUT2D eigenvalue weighted by Gasteiger charge is -2.30. The molecule has 4 atom stereocenters. The van der Waals surface area contributed by atoms with Crippen LogP contribution in [0.4, 0.5) is 10.1 Å². The predicted octanol–water partition coefficient (Wildman–Crippen LogP) is 2.43. The minimum atomic E-state index is -0.974. The molecule has 2 aromatic rings. The molecule has 0 aliphatic carbocycles. The van der Waals surface area contributed by atoms with E-state index in [1.54, 1.807) is 42.5 Å². The SMILES string of the molecule is COc1ccc(C(=O)[C@H]2[C@H]3C(=O)N(c4ccccc4F)C(=O)[C@H]3C3C=CC=NN32)cc1. The summed E-state index contributed by atoms with van der Waals surface area (Å²) in [7, 11) is 1.53. The van der Waals surface area contributed by atoms with Crippen LogP contribution in [0, 0.1) is 17.7 Å². The average molecular weight is 419 g/mol.